The van der Waals surface area contributed by atoms with Gasteiger partial charge in [-0.3, -0.25) is 14.8 Å². The number of carbonyl (C=O) groups excluding carboxylic acids is 3. The Morgan fingerprint density at radius 3 is 2.39 bits per heavy atom. The van der Waals surface area contributed by atoms with Gasteiger partial charge in [0.25, 0.3) is 5.91 Å². The van der Waals surface area contributed by atoms with Crippen LogP contribution in [0.4, 0.5) is 10.5 Å². The van der Waals surface area contributed by atoms with Gasteiger partial charge in [-0.25, -0.2) is 10.3 Å². The van der Waals surface area contributed by atoms with Gasteiger partial charge in [-0.1, -0.05) is 46.2 Å². The fourth-order valence-corrected chi connectivity index (χ4v) is 2.96. The topological polar surface area (TPSA) is 120 Å². The maximum atomic E-state index is 13.3. The van der Waals surface area contributed by atoms with Gasteiger partial charge < -0.3 is 20.3 Å². The summed E-state index contributed by atoms with van der Waals surface area (Å²) in [5.41, 5.74) is 1.24. The van der Waals surface area contributed by atoms with Gasteiger partial charge in [0.1, 0.15) is 18.3 Å². The van der Waals surface area contributed by atoms with Crippen LogP contribution in [-0.4, -0.2) is 54.2 Å². The van der Waals surface area contributed by atoms with Crippen LogP contribution in [0.2, 0.25) is 5.02 Å². The number of urea groups is 1. The van der Waals surface area contributed by atoms with Crippen LogP contribution in [-0.2, 0) is 9.59 Å². The van der Waals surface area contributed by atoms with Crippen LogP contribution >= 0.6 is 11.6 Å². The number of hydrogen-bond acceptors (Lipinski definition) is 5. The number of methoxy groups -OCH3 is 1. The molecule has 1 aromatic rings. The number of anilines is 1. The number of carbonyl (C=O) groups is 3. The largest absolute Gasteiger partial charge is 0.495 e. The van der Waals surface area contributed by atoms with Gasteiger partial charge in [-0.05, 0) is 36.0 Å². The van der Waals surface area contributed by atoms with Gasteiger partial charge in [0.2, 0.25) is 5.91 Å². The van der Waals surface area contributed by atoms with Gasteiger partial charge >= 0.3 is 6.03 Å². The Balaban J connectivity index is 3.07. The molecule has 0 aliphatic carbocycles. The Labute approximate surface area is 188 Å². The molecule has 0 aliphatic heterocycles. The number of rotatable bonds is 9. The standard InChI is InChI=1S/C21H33ClN4O5/c1-13(2)9-10-26(12-17(27)25-30)19(28)18(21(3,4)5)24-20(29)23-15-11-14(22)7-8-16(15)31-6/h7-8,11,13,18,30H,9-10,12H2,1-6H3,(H,25,27)(H2,23,24,29)/t18-/m1/s1. The molecule has 1 aromatic carbocycles. The zero-order valence-corrected chi connectivity index (χ0v) is 19.7. The zero-order chi connectivity index (χ0) is 23.8. The van der Waals surface area contributed by atoms with E-state index in [-0.39, 0.29) is 6.54 Å². The van der Waals surface area contributed by atoms with Crippen LogP contribution in [0.15, 0.2) is 18.2 Å². The summed E-state index contributed by atoms with van der Waals surface area (Å²) in [7, 11) is 1.46. The predicted octanol–water partition coefficient (Wildman–Crippen LogP) is 3.26. The normalized spacial score (nSPS) is 12.2. The molecule has 0 saturated carbocycles. The van der Waals surface area contributed by atoms with Crippen molar-refractivity contribution in [2.45, 2.75) is 47.1 Å². The van der Waals surface area contributed by atoms with E-state index in [2.05, 4.69) is 10.6 Å². The molecule has 0 aromatic heterocycles. The Morgan fingerprint density at radius 1 is 1.23 bits per heavy atom. The maximum Gasteiger partial charge on any atom is 0.320 e. The summed E-state index contributed by atoms with van der Waals surface area (Å²) in [5.74, 6) is -0.425. The predicted molar refractivity (Wildman–Crippen MR) is 119 cm³/mol. The lowest BCUT2D eigenvalue weighted by molar-refractivity contribution is -0.142. The monoisotopic (exact) mass is 456 g/mol. The molecule has 0 radical (unpaired) electrons. The van der Waals surface area contributed by atoms with Crippen molar-refractivity contribution in [2.24, 2.45) is 11.3 Å². The smallest absolute Gasteiger partial charge is 0.320 e. The number of hydrogen-bond donors (Lipinski definition) is 4. The second kappa shape index (κ2) is 11.8. The lowest BCUT2D eigenvalue weighted by atomic mass is 9.85. The van der Waals surface area contributed by atoms with Crippen molar-refractivity contribution in [1.29, 1.82) is 0 Å². The highest BCUT2D eigenvalue weighted by atomic mass is 35.5. The number of halogens is 1. The van der Waals surface area contributed by atoms with Crippen molar-refractivity contribution in [1.82, 2.24) is 15.7 Å². The molecule has 0 spiro atoms. The number of nitrogens with zero attached hydrogens (tertiary/aromatic N) is 1. The van der Waals surface area contributed by atoms with E-state index in [0.29, 0.717) is 35.3 Å². The fourth-order valence-electron chi connectivity index (χ4n) is 2.79. The summed E-state index contributed by atoms with van der Waals surface area (Å²) >= 11 is 6.00. The summed E-state index contributed by atoms with van der Waals surface area (Å²) in [6.45, 7) is 9.41. The molecular weight excluding hydrogens is 424 g/mol. The van der Waals surface area contributed by atoms with Crippen molar-refractivity contribution < 1.29 is 24.3 Å². The Morgan fingerprint density at radius 2 is 1.87 bits per heavy atom. The number of amides is 4. The number of nitrogens with one attached hydrogen (secondary N) is 3. The third-order valence-electron chi connectivity index (χ3n) is 4.55. The minimum atomic E-state index is -0.934. The molecule has 174 valence electrons. The van der Waals surface area contributed by atoms with E-state index in [9.17, 15) is 14.4 Å². The Kier molecular flexibility index (Phi) is 10.1. The minimum Gasteiger partial charge on any atom is -0.495 e. The molecule has 4 amide bonds. The molecule has 0 fully saturated rings. The summed E-state index contributed by atoms with van der Waals surface area (Å²) in [4.78, 5) is 39.1. The van der Waals surface area contributed by atoms with Crippen LogP contribution in [0.3, 0.4) is 0 Å². The van der Waals surface area contributed by atoms with Crippen LogP contribution < -0.4 is 20.9 Å². The first kappa shape index (κ1) is 26.5. The van der Waals surface area contributed by atoms with E-state index in [4.69, 9.17) is 21.5 Å². The molecule has 0 unspecified atom stereocenters. The van der Waals surface area contributed by atoms with Gasteiger partial charge in [0.05, 0.1) is 12.8 Å². The molecule has 31 heavy (non-hydrogen) atoms. The summed E-state index contributed by atoms with van der Waals surface area (Å²) < 4.78 is 5.23. The average molecular weight is 457 g/mol. The Hall–Kier alpha value is -2.52. The maximum absolute atomic E-state index is 13.3. The molecule has 10 heteroatoms. The van der Waals surface area contributed by atoms with Crippen LogP contribution in [0, 0.1) is 11.3 Å². The number of hydroxylamine groups is 1. The third-order valence-corrected chi connectivity index (χ3v) is 4.78. The number of ether oxygens (including phenoxy) is 1. The van der Waals surface area contributed by atoms with E-state index in [1.54, 1.807) is 17.6 Å². The van der Waals surface area contributed by atoms with Gasteiger partial charge in [0, 0.05) is 11.6 Å². The highest BCUT2D eigenvalue weighted by Gasteiger charge is 2.36. The van der Waals surface area contributed by atoms with Crippen molar-refractivity contribution in [3.05, 3.63) is 23.2 Å². The van der Waals surface area contributed by atoms with E-state index >= 15 is 0 Å². The second-order valence-electron chi connectivity index (χ2n) is 8.72. The van der Waals surface area contributed by atoms with Crippen molar-refractivity contribution in [3.63, 3.8) is 0 Å². The first-order valence-electron chi connectivity index (χ1n) is 10.0. The second-order valence-corrected chi connectivity index (χ2v) is 9.16. The molecule has 9 nitrogen and oxygen atoms in total. The van der Waals surface area contributed by atoms with Gasteiger partial charge in [0.15, 0.2) is 0 Å². The minimum absolute atomic E-state index is 0.298. The highest BCUT2D eigenvalue weighted by Crippen LogP contribution is 2.28. The molecule has 0 bridgehead atoms. The Bertz CT molecular complexity index is 780. The van der Waals surface area contributed by atoms with Crippen molar-refractivity contribution in [2.75, 3.05) is 25.5 Å². The quantitative estimate of drug-likeness (QED) is 0.336. The third kappa shape index (κ3) is 8.63. The fraction of sp³-hybridized carbons (Fsp3) is 0.571. The van der Waals surface area contributed by atoms with Gasteiger partial charge in [-0.2, -0.15) is 0 Å². The molecule has 1 rings (SSSR count). The van der Waals surface area contributed by atoms with E-state index in [0.717, 1.165) is 0 Å². The van der Waals surface area contributed by atoms with Gasteiger partial charge in [-0.15, -0.1) is 0 Å². The molecular formula is C21H33ClN4O5. The van der Waals surface area contributed by atoms with Crippen LogP contribution in [0.5, 0.6) is 5.75 Å². The van der Waals surface area contributed by atoms with E-state index < -0.39 is 29.3 Å². The lowest BCUT2D eigenvalue weighted by Crippen LogP contribution is -2.57. The van der Waals surface area contributed by atoms with Crippen LogP contribution in [0.1, 0.15) is 41.0 Å². The molecule has 4 N–H and O–H groups in total. The van der Waals surface area contributed by atoms with Crippen LogP contribution in [0.25, 0.3) is 0 Å². The van der Waals surface area contributed by atoms with E-state index in [1.807, 2.05) is 34.6 Å². The first-order valence-corrected chi connectivity index (χ1v) is 10.4. The molecule has 0 saturated heterocycles. The SMILES string of the molecule is COc1ccc(Cl)cc1NC(=O)N[C@H](C(=O)N(CCC(C)C)CC(=O)NO)C(C)(C)C. The molecule has 0 aliphatic rings. The number of benzene rings is 1. The molecule has 1 atom stereocenters. The average Bonchev–Trinajstić information content (AvgIpc) is 2.67. The van der Waals surface area contributed by atoms with Crippen molar-refractivity contribution >= 4 is 35.1 Å². The summed E-state index contributed by atoms with van der Waals surface area (Å²) in [6, 6.07) is 3.23. The summed E-state index contributed by atoms with van der Waals surface area (Å²) in [5, 5.41) is 14.6. The lowest BCUT2D eigenvalue weighted by Gasteiger charge is -2.35. The molecule has 0 heterocycles. The van der Waals surface area contributed by atoms with E-state index in [1.165, 1.54) is 18.1 Å². The summed E-state index contributed by atoms with van der Waals surface area (Å²) in [6.07, 6.45) is 0.660. The zero-order valence-electron chi connectivity index (χ0n) is 18.9. The highest BCUT2D eigenvalue weighted by molar-refractivity contribution is 6.31. The van der Waals surface area contributed by atoms with Crippen molar-refractivity contribution in [3.8, 4) is 5.75 Å². The first-order chi connectivity index (χ1) is 14.4.